The molecule has 1 aromatic carbocycles. The van der Waals surface area contributed by atoms with Crippen LogP contribution in [0.5, 0.6) is 5.75 Å². The number of hydrogen-bond donors (Lipinski definition) is 6. The van der Waals surface area contributed by atoms with Crippen LogP contribution in [-0.4, -0.2) is 63.0 Å². The topological polar surface area (TPSA) is 172 Å². The first-order chi connectivity index (χ1) is 10.9. The minimum absolute atomic E-state index is 0.0123. The van der Waals surface area contributed by atoms with Crippen LogP contribution in [0.2, 0.25) is 0 Å². The van der Waals surface area contributed by atoms with Gasteiger partial charge < -0.3 is 29.9 Å². The number of hydrazine groups is 1. The summed E-state index contributed by atoms with van der Waals surface area (Å²) in [4.78, 5) is 22.7. The van der Waals surface area contributed by atoms with Crippen LogP contribution in [0.25, 0.3) is 0 Å². The maximum Gasteiger partial charge on any atom is 0.335 e. The van der Waals surface area contributed by atoms with Gasteiger partial charge in [0.1, 0.15) is 24.1 Å². The lowest BCUT2D eigenvalue weighted by Gasteiger charge is -2.38. The molecule has 1 fully saturated rings. The van der Waals surface area contributed by atoms with Crippen molar-refractivity contribution in [1.29, 1.82) is 0 Å². The number of aliphatic carboxylic acids is 1. The van der Waals surface area contributed by atoms with Crippen LogP contribution in [0, 0.1) is 0 Å². The SMILES string of the molecule is NNC(=O)c1ccccc1OC1OC(C(=O)O)C(O)C(O)C1O. The molecule has 1 saturated heterocycles. The Labute approximate surface area is 130 Å². The van der Waals surface area contributed by atoms with E-state index in [2.05, 4.69) is 0 Å². The van der Waals surface area contributed by atoms with E-state index in [0.717, 1.165) is 0 Å². The summed E-state index contributed by atoms with van der Waals surface area (Å²) in [6.45, 7) is 0. The van der Waals surface area contributed by atoms with Crippen LogP contribution in [-0.2, 0) is 9.53 Å². The fourth-order valence-corrected chi connectivity index (χ4v) is 2.11. The van der Waals surface area contributed by atoms with E-state index in [-0.39, 0.29) is 11.3 Å². The number of carbonyl (C=O) groups excluding carboxylic acids is 1. The average molecular weight is 328 g/mol. The molecule has 1 aliphatic heterocycles. The number of nitrogen functional groups attached to an aromatic ring is 1. The third-order valence-corrected chi connectivity index (χ3v) is 3.32. The largest absolute Gasteiger partial charge is 0.479 e. The lowest BCUT2D eigenvalue weighted by atomic mass is 9.99. The van der Waals surface area contributed by atoms with Gasteiger partial charge in [0, 0.05) is 0 Å². The summed E-state index contributed by atoms with van der Waals surface area (Å²) in [5.74, 6) is 2.78. The number of ether oxygens (including phenoxy) is 2. The molecule has 0 bridgehead atoms. The highest BCUT2D eigenvalue weighted by Gasteiger charge is 2.48. The normalized spacial score (nSPS) is 30.5. The van der Waals surface area contributed by atoms with E-state index in [1.807, 2.05) is 5.43 Å². The highest BCUT2D eigenvalue weighted by molar-refractivity contribution is 5.96. The average Bonchev–Trinajstić information content (AvgIpc) is 2.54. The van der Waals surface area contributed by atoms with Crippen molar-refractivity contribution in [2.75, 3.05) is 0 Å². The smallest absolute Gasteiger partial charge is 0.335 e. The van der Waals surface area contributed by atoms with Crippen molar-refractivity contribution in [2.24, 2.45) is 5.84 Å². The lowest BCUT2D eigenvalue weighted by molar-refractivity contribution is -0.271. The van der Waals surface area contributed by atoms with Crippen molar-refractivity contribution >= 4 is 11.9 Å². The standard InChI is InChI=1S/C13H16N2O8/c14-15-11(19)5-3-1-2-4-6(5)22-13-9(18)7(16)8(17)10(23-13)12(20)21/h1-4,7-10,13,16-18H,14H2,(H,15,19)(H,20,21). The number of carboxylic acid groups (broad SMARTS) is 1. The van der Waals surface area contributed by atoms with E-state index in [0.29, 0.717) is 0 Å². The Bertz CT molecular complexity index is 595. The molecule has 5 unspecified atom stereocenters. The molecule has 0 aliphatic carbocycles. The summed E-state index contributed by atoms with van der Waals surface area (Å²) >= 11 is 0. The summed E-state index contributed by atoms with van der Waals surface area (Å²) in [5, 5.41) is 38.1. The Morgan fingerprint density at radius 1 is 1.13 bits per heavy atom. The third kappa shape index (κ3) is 3.41. The van der Waals surface area contributed by atoms with E-state index < -0.39 is 42.6 Å². The number of aliphatic hydroxyl groups is 3. The fraction of sp³-hybridized carbons (Fsp3) is 0.385. The van der Waals surface area contributed by atoms with Gasteiger partial charge in [-0.15, -0.1) is 0 Å². The number of carbonyl (C=O) groups is 2. The molecule has 0 saturated carbocycles. The lowest BCUT2D eigenvalue weighted by Crippen LogP contribution is -2.61. The summed E-state index contributed by atoms with van der Waals surface area (Å²) in [5.41, 5.74) is 1.92. The monoisotopic (exact) mass is 328 g/mol. The first kappa shape index (κ1) is 17.1. The molecule has 0 spiro atoms. The zero-order chi connectivity index (χ0) is 17.1. The van der Waals surface area contributed by atoms with Gasteiger partial charge in [-0.1, -0.05) is 12.1 Å². The van der Waals surface area contributed by atoms with Crippen LogP contribution in [0.15, 0.2) is 24.3 Å². The number of benzene rings is 1. The Morgan fingerprint density at radius 2 is 1.78 bits per heavy atom. The van der Waals surface area contributed by atoms with E-state index >= 15 is 0 Å². The van der Waals surface area contributed by atoms with E-state index in [1.165, 1.54) is 24.3 Å². The van der Waals surface area contributed by atoms with Gasteiger partial charge in [0.2, 0.25) is 6.29 Å². The first-order valence-corrected chi connectivity index (χ1v) is 6.56. The van der Waals surface area contributed by atoms with Crippen molar-refractivity contribution < 1.29 is 39.5 Å². The van der Waals surface area contributed by atoms with Crippen LogP contribution >= 0.6 is 0 Å². The third-order valence-electron chi connectivity index (χ3n) is 3.32. The van der Waals surface area contributed by atoms with Gasteiger partial charge in [0.05, 0.1) is 5.56 Å². The zero-order valence-electron chi connectivity index (χ0n) is 11.7. The Hall–Kier alpha value is -2.24. The molecule has 0 aromatic heterocycles. The van der Waals surface area contributed by atoms with Crippen molar-refractivity contribution in [3.05, 3.63) is 29.8 Å². The molecule has 2 rings (SSSR count). The minimum Gasteiger partial charge on any atom is -0.479 e. The van der Waals surface area contributed by atoms with Crippen LogP contribution in [0.1, 0.15) is 10.4 Å². The van der Waals surface area contributed by atoms with E-state index in [1.54, 1.807) is 0 Å². The maximum atomic E-state index is 11.6. The van der Waals surface area contributed by atoms with Crippen molar-refractivity contribution in [3.63, 3.8) is 0 Å². The highest BCUT2D eigenvalue weighted by Crippen LogP contribution is 2.26. The van der Waals surface area contributed by atoms with E-state index in [9.17, 15) is 24.9 Å². The predicted molar refractivity (Wildman–Crippen MR) is 73.0 cm³/mol. The summed E-state index contributed by atoms with van der Waals surface area (Å²) < 4.78 is 10.3. The van der Waals surface area contributed by atoms with Crippen LogP contribution in [0.3, 0.4) is 0 Å². The van der Waals surface area contributed by atoms with Crippen LogP contribution < -0.4 is 16.0 Å². The first-order valence-electron chi connectivity index (χ1n) is 6.56. The van der Waals surface area contributed by atoms with Gasteiger partial charge in [0.25, 0.3) is 5.91 Å². The second-order valence-corrected chi connectivity index (χ2v) is 4.82. The van der Waals surface area contributed by atoms with Gasteiger partial charge in [-0.3, -0.25) is 10.2 Å². The van der Waals surface area contributed by atoms with E-state index in [4.69, 9.17) is 20.4 Å². The number of para-hydroxylation sites is 1. The van der Waals surface area contributed by atoms with Gasteiger partial charge in [-0.05, 0) is 12.1 Å². The summed E-state index contributed by atoms with van der Waals surface area (Å²) in [6.07, 6.45) is -8.76. The second kappa shape index (κ2) is 6.89. The Morgan fingerprint density at radius 3 is 2.39 bits per heavy atom. The number of hydrogen-bond acceptors (Lipinski definition) is 8. The maximum absolute atomic E-state index is 11.6. The van der Waals surface area contributed by atoms with Crippen LogP contribution in [0.4, 0.5) is 0 Å². The van der Waals surface area contributed by atoms with Gasteiger partial charge in [-0.25, -0.2) is 10.6 Å². The number of nitrogens with one attached hydrogen (secondary N) is 1. The number of nitrogens with two attached hydrogens (primary N) is 1. The predicted octanol–water partition coefficient (Wildman–Crippen LogP) is -2.44. The van der Waals surface area contributed by atoms with Gasteiger partial charge in [0.15, 0.2) is 6.10 Å². The van der Waals surface area contributed by atoms with Crippen molar-refractivity contribution in [1.82, 2.24) is 5.43 Å². The van der Waals surface area contributed by atoms with Crippen molar-refractivity contribution in [2.45, 2.75) is 30.7 Å². The Kier molecular flexibility index (Phi) is 5.13. The molecule has 0 radical (unpaired) electrons. The number of amides is 1. The molecule has 23 heavy (non-hydrogen) atoms. The fourth-order valence-electron chi connectivity index (χ4n) is 2.11. The molecule has 5 atom stereocenters. The molecule has 126 valence electrons. The molecule has 10 nitrogen and oxygen atoms in total. The van der Waals surface area contributed by atoms with Gasteiger partial charge in [-0.2, -0.15) is 0 Å². The minimum atomic E-state index is -1.83. The van der Waals surface area contributed by atoms with Gasteiger partial charge >= 0.3 is 5.97 Å². The second-order valence-electron chi connectivity index (χ2n) is 4.82. The zero-order valence-corrected chi connectivity index (χ0v) is 11.7. The van der Waals surface area contributed by atoms with Crippen molar-refractivity contribution in [3.8, 4) is 5.75 Å². The summed E-state index contributed by atoms with van der Waals surface area (Å²) in [6, 6.07) is 5.81. The molecular weight excluding hydrogens is 312 g/mol. The molecule has 1 aliphatic rings. The molecule has 1 aromatic rings. The summed E-state index contributed by atoms with van der Waals surface area (Å²) in [7, 11) is 0. The number of carboxylic acids is 1. The molecule has 1 amide bonds. The molecule has 1 heterocycles. The number of aliphatic hydroxyl groups excluding tert-OH is 3. The Balaban J connectivity index is 2.25. The quantitative estimate of drug-likeness (QED) is 0.199. The highest BCUT2D eigenvalue weighted by atomic mass is 16.7. The number of rotatable bonds is 4. The molecule has 10 heteroatoms. The molecular formula is C13H16N2O8. The molecule has 7 N–H and O–H groups in total.